The van der Waals surface area contributed by atoms with Crippen molar-refractivity contribution in [3.8, 4) is 0 Å². The lowest BCUT2D eigenvalue weighted by Gasteiger charge is -2.23. The number of sulfone groups is 1. The molecule has 0 saturated carbocycles. The molecule has 0 aromatic carbocycles. The first kappa shape index (κ1) is 13.8. The zero-order valence-electron chi connectivity index (χ0n) is 10.4. The van der Waals surface area contributed by atoms with E-state index in [0.29, 0.717) is 6.42 Å². The van der Waals surface area contributed by atoms with Crippen molar-refractivity contribution in [1.29, 1.82) is 0 Å². The molecule has 2 rings (SSSR count). The maximum atomic E-state index is 11.6. The number of ether oxygens (including phenoxy) is 1. The summed E-state index contributed by atoms with van der Waals surface area (Å²) in [6, 6.07) is -0.237. The Morgan fingerprint density at radius 1 is 1.28 bits per heavy atom. The van der Waals surface area contributed by atoms with Crippen LogP contribution in [0.5, 0.6) is 0 Å². The molecule has 2 saturated heterocycles. The molecule has 0 aromatic heterocycles. The molecule has 1 amide bonds. The number of piperidine rings is 1. The Morgan fingerprint density at radius 3 is 2.61 bits per heavy atom. The van der Waals surface area contributed by atoms with Crippen LogP contribution >= 0.6 is 0 Å². The van der Waals surface area contributed by atoms with E-state index in [-0.39, 0.29) is 36.2 Å². The summed E-state index contributed by atoms with van der Waals surface area (Å²) < 4.78 is 28.0. The van der Waals surface area contributed by atoms with Gasteiger partial charge in [-0.05, 0) is 32.4 Å². The van der Waals surface area contributed by atoms with Gasteiger partial charge in [-0.1, -0.05) is 0 Å². The summed E-state index contributed by atoms with van der Waals surface area (Å²) >= 11 is 0. The Labute approximate surface area is 107 Å². The molecule has 0 radical (unpaired) electrons. The number of carbonyl (C=O) groups is 1. The quantitative estimate of drug-likeness (QED) is 0.692. The zero-order chi connectivity index (χ0) is 13.0. The average Bonchev–Trinajstić information content (AvgIpc) is 2.67. The van der Waals surface area contributed by atoms with Crippen LogP contribution in [0, 0.1) is 0 Å². The Hall–Kier alpha value is -0.660. The van der Waals surface area contributed by atoms with Crippen molar-refractivity contribution in [2.75, 3.05) is 31.2 Å². The fourth-order valence-electron chi connectivity index (χ4n) is 2.33. The van der Waals surface area contributed by atoms with Crippen molar-refractivity contribution in [3.63, 3.8) is 0 Å². The topological polar surface area (TPSA) is 84.5 Å². The van der Waals surface area contributed by atoms with E-state index in [9.17, 15) is 13.2 Å². The van der Waals surface area contributed by atoms with E-state index in [1.54, 1.807) is 0 Å². The molecular weight excluding hydrogens is 256 g/mol. The molecule has 0 aromatic rings. The third-order valence-corrected chi connectivity index (χ3v) is 5.10. The highest BCUT2D eigenvalue weighted by molar-refractivity contribution is 7.91. The molecule has 1 unspecified atom stereocenters. The van der Waals surface area contributed by atoms with Crippen LogP contribution in [0.2, 0.25) is 0 Å². The van der Waals surface area contributed by atoms with Gasteiger partial charge in [0.2, 0.25) is 5.91 Å². The highest BCUT2D eigenvalue weighted by atomic mass is 32.2. The molecular formula is C11H20N2O4S. The highest BCUT2D eigenvalue weighted by Crippen LogP contribution is 2.11. The van der Waals surface area contributed by atoms with Crippen molar-refractivity contribution < 1.29 is 17.9 Å². The van der Waals surface area contributed by atoms with Gasteiger partial charge in [0.15, 0.2) is 9.84 Å². The number of amides is 1. The van der Waals surface area contributed by atoms with Crippen LogP contribution in [0.25, 0.3) is 0 Å². The maximum absolute atomic E-state index is 11.6. The first-order chi connectivity index (χ1) is 8.55. The summed E-state index contributed by atoms with van der Waals surface area (Å²) in [6.45, 7) is 1.88. The molecule has 2 N–H and O–H groups in total. The van der Waals surface area contributed by atoms with Crippen molar-refractivity contribution in [3.05, 3.63) is 0 Å². The van der Waals surface area contributed by atoms with Crippen molar-refractivity contribution in [2.45, 2.75) is 31.4 Å². The first-order valence-electron chi connectivity index (χ1n) is 6.37. The van der Waals surface area contributed by atoms with Crippen LogP contribution in [0.4, 0.5) is 0 Å². The molecule has 18 heavy (non-hydrogen) atoms. The summed E-state index contributed by atoms with van der Waals surface area (Å²) in [5, 5.41) is 5.94. The predicted octanol–water partition coefficient (Wildman–Crippen LogP) is -0.942. The fourth-order valence-corrected chi connectivity index (χ4v) is 4.01. The predicted molar refractivity (Wildman–Crippen MR) is 67.0 cm³/mol. The van der Waals surface area contributed by atoms with Gasteiger partial charge in [-0.2, -0.15) is 0 Å². The Morgan fingerprint density at radius 2 is 2.00 bits per heavy atom. The second-order valence-corrected chi connectivity index (χ2v) is 7.16. The molecule has 0 spiro atoms. The number of nitrogens with one attached hydrogen (secondary N) is 2. The van der Waals surface area contributed by atoms with Gasteiger partial charge in [0.1, 0.15) is 6.61 Å². The summed E-state index contributed by atoms with van der Waals surface area (Å²) in [7, 11) is -2.94. The fraction of sp³-hybridized carbons (Fsp3) is 0.909. The highest BCUT2D eigenvalue weighted by Gasteiger charge is 2.29. The van der Waals surface area contributed by atoms with E-state index in [1.807, 2.05) is 0 Å². The van der Waals surface area contributed by atoms with Crippen LogP contribution in [0.3, 0.4) is 0 Å². The normalized spacial score (nSPS) is 28.1. The summed E-state index contributed by atoms with van der Waals surface area (Å²) in [6.07, 6.45) is 2.50. The summed E-state index contributed by atoms with van der Waals surface area (Å²) in [4.78, 5) is 11.6. The Kier molecular flexibility index (Phi) is 4.58. The van der Waals surface area contributed by atoms with E-state index < -0.39 is 9.84 Å². The number of hydrogen-bond donors (Lipinski definition) is 2. The average molecular weight is 276 g/mol. The Bertz CT molecular complexity index is 390. The number of hydrogen-bond acceptors (Lipinski definition) is 5. The largest absolute Gasteiger partial charge is 0.368 e. The minimum atomic E-state index is -2.94. The van der Waals surface area contributed by atoms with Gasteiger partial charge in [-0.3, -0.25) is 4.79 Å². The molecule has 2 aliphatic heterocycles. The third-order valence-electron chi connectivity index (χ3n) is 3.33. The second-order valence-electron chi connectivity index (χ2n) is 4.93. The third kappa shape index (κ3) is 4.22. The molecule has 2 heterocycles. The maximum Gasteiger partial charge on any atom is 0.246 e. The van der Waals surface area contributed by atoms with Crippen molar-refractivity contribution >= 4 is 15.7 Å². The van der Waals surface area contributed by atoms with E-state index in [0.717, 1.165) is 25.9 Å². The lowest BCUT2D eigenvalue weighted by Crippen LogP contribution is -2.40. The van der Waals surface area contributed by atoms with Gasteiger partial charge >= 0.3 is 0 Å². The molecule has 0 bridgehead atoms. The SMILES string of the molecule is O=C(COC1CCNCC1)NC1CCS(=O)(=O)C1. The molecule has 2 aliphatic rings. The van der Waals surface area contributed by atoms with Gasteiger partial charge in [-0.25, -0.2) is 8.42 Å². The van der Waals surface area contributed by atoms with Crippen molar-refractivity contribution in [2.24, 2.45) is 0 Å². The van der Waals surface area contributed by atoms with E-state index in [4.69, 9.17) is 4.74 Å². The minimum absolute atomic E-state index is 0.0290. The van der Waals surface area contributed by atoms with Crippen LogP contribution in [-0.4, -0.2) is 57.7 Å². The monoisotopic (exact) mass is 276 g/mol. The van der Waals surface area contributed by atoms with E-state index >= 15 is 0 Å². The summed E-state index contributed by atoms with van der Waals surface area (Å²) in [5.41, 5.74) is 0. The molecule has 6 nitrogen and oxygen atoms in total. The summed E-state index contributed by atoms with van der Waals surface area (Å²) in [5.74, 6) is 0.0229. The van der Waals surface area contributed by atoms with Gasteiger partial charge in [0.05, 0.1) is 17.6 Å². The second kappa shape index (κ2) is 5.99. The number of carbonyl (C=O) groups excluding carboxylic acids is 1. The van der Waals surface area contributed by atoms with Crippen LogP contribution < -0.4 is 10.6 Å². The molecule has 7 heteroatoms. The molecule has 2 fully saturated rings. The first-order valence-corrected chi connectivity index (χ1v) is 8.19. The molecule has 1 atom stereocenters. The van der Waals surface area contributed by atoms with Crippen LogP contribution in [-0.2, 0) is 19.4 Å². The Balaban J connectivity index is 1.66. The van der Waals surface area contributed by atoms with Gasteiger partial charge in [0, 0.05) is 6.04 Å². The van der Waals surface area contributed by atoms with Gasteiger partial charge < -0.3 is 15.4 Å². The smallest absolute Gasteiger partial charge is 0.246 e. The van der Waals surface area contributed by atoms with Gasteiger partial charge in [0.25, 0.3) is 0 Å². The lowest BCUT2D eigenvalue weighted by molar-refractivity contribution is -0.128. The van der Waals surface area contributed by atoms with E-state index in [2.05, 4.69) is 10.6 Å². The van der Waals surface area contributed by atoms with Gasteiger partial charge in [-0.15, -0.1) is 0 Å². The zero-order valence-corrected chi connectivity index (χ0v) is 11.2. The van der Waals surface area contributed by atoms with Crippen LogP contribution in [0.1, 0.15) is 19.3 Å². The molecule has 0 aliphatic carbocycles. The minimum Gasteiger partial charge on any atom is -0.368 e. The van der Waals surface area contributed by atoms with Crippen LogP contribution in [0.15, 0.2) is 0 Å². The standard InChI is InChI=1S/C11H20N2O4S/c14-11(7-17-10-1-4-12-5-2-10)13-9-3-6-18(15,16)8-9/h9-10,12H,1-8H2,(H,13,14). The number of rotatable bonds is 4. The van der Waals surface area contributed by atoms with E-state index in [1.165, 1.54) is 0 Å². The lowest BCUT2D eigenvalue weighted by atomic mass is 10.1. The van der Waals surface area contributed by atoms with Crippen molar-refractivity contribution in [1.82, 2.24) is 10.6 Å². The molecule has 104 valence electrons.